The number of rotatable bonds is 7. The van der Waals surface area contributed by atoms with E-state index < -0.39 is 0 Å². The normalized spacial score (nSPS) is 14.3. The summed E-state index contributed by atoms with van der Waals surface area (Å²) in [5.41, 5.74) is 5.95. The molecule has 202 valence electrons. The highest BCUT2D eigenvalue weighted by Gasteiger charge is 2.34. The zero-order valence-electron chi connectivity index (χ0n) is 22.5. The maximum atomic E-state index is 10.1. The lowest BCUT2D eigenvalue weighted by Crippen LogP contribution is -2.15. The molecule has 1 aliphatic rings. The number of aryl methyl sites for hydroxylation is 1. The van der Waals surface area contributed by atoms with E-state index in [-0.39, 0.29) is 18.3 Å². The molecule has 40 heavy (non-hydrogen) atoms. The minimum absolute atomic E-state index is 0.0754. The number of phenols is 1. The molecule has 1 unspecified atom stereocenters. The van der Waals surface area contributed by atoms with E-state index in [9.17, 15) is 5.11 Å². The van der Waals surface area contributed by atoms with Gasteiger partial charge in [0.05, 0.1) is 25.5 Å². The number of oxime groups is 1. The molecule has 1 aliphatic heterocycles. The van der Waals surface area contributed by atoms with Gasteiger partial charge in [0.15, 0.2) is 29.6 Å². The molecule has 0 saturated heterocycles. The van der Waals surface area contributed by atoms with Crippen molar-refractivity contribution in [2.24, 2.45) is 5.16 Å². The number of fused-ring (bicyclic) bond motifs is 4. The Morgan fingerprint density at radius 2 is 1.82 bits per heavy atom. The van der Waals surface area contributed by atoms with Crippen molar-refractivity contribution in [3.63, 3.8) is 0 Å². The molecule has 1 N–H and O–H groups in total. The summed E-state index contributed by atoms with van der Waals surface area (Å²) in [7, 11) is 3.19. The van der Waals surface area contributed by atoms with Gasteiger partial charge in [-0.15, -0.1) is 5.10 Å². The highest BCUT2D eigenvalue weighted by molar-refractivity contribution is 5.98. The first-order valence-electron chi connectivity index (χ1n) is 12.7. The summed E-state index contributed by atoms with van der Waals surface area (Å²) in [4.78, 5) is 14.9. The molecule has 0 bridgehead atoms. The van der Waals surface area contributed by atoms with E-state index >= 15 is 0 Å². The molecule has 10 nitrogen and oxygen atoms in total. The molecule has 6 rings (SSSR count). The number of hydrogen-bond donors (Lipinski definition) is 1. The predicted molar refractivity (Wildman–Crippen MR) is 148 cm³/mol. The smallest absolute Gasteiger partial charge is 0.228 e. The van der Waals surface area contributed by atoms with Crippen LogP contribution in [0.4, 0.5) is 0 Å². The summed E-state index contributed by atoms with van der Waals surface area (Å²) < 4.78 is 18.8. The van der Waals surface area contributed by atoms with Gasteiger partial charge in [-0.25, -0.2) is 14.5 Å². The van der Waals surface area contributed by atoms with Gasteiger partial charge in [-0.05, 0) is 43.2 Å². The summed E-state index contributed by atoms with van der Waals surface area (Å²) in [6.07, 6.45) is 1.55. The van der Waals surface area contributed by atoms with Crippen LogP contribution in [0.1, 0.15) is 46.5 Å². The predicted octanol–water partition coefficient (Wildman–Crippen LogP) is 5.38. The Labute approximate surface area is 230 Å². The van der Waals surface area contributed by atoms with Crippen LogP contribution in [0.15, 0.2) is 72.1 Å². The first-order valence-corrected chi connectivity index (χ1v) is 12.7. The molecule has 5 aromatic rings. The molecule has 0 fully saturated rings. The number of aromatic nitrogens is 4. The van der Waals surface area contributed by atoms with Gasteiger partial charge in [0.2, 0.25) is 5.88 Å². The lowest BCUT2D eigenvalue weighted by atomic mass is 9.83. The molecule has 0 amide bonds. The van der Waals surface area contributed by atoms with Crippen molar-refractivity contribution in [2.45, 2.75) is 26.4 Å². The fourth-order valence-electron chi connectivity index (χ4n) is 4.82. The highest BCUT2D eigenvalue weighted by Crippen LogP contribution is 2.49. The van der Waals surface area contributed by atoms with Gasteiger partial charge in [0, 0.05) is 17.5 Å². The summed E-state index contributed by atoms with van der Waals surface area (Å²) in [6, 6.07) is 18.9. The molecule has 0 spiro atoms. The molecule has 2 aromatic heterocycles. The molecular formula is C30H27N5O5. The van der Waals surface area contributed by atoms with Gasteiger partial charge in [0.25, 0.3) is 0 Å². The third kappa shape index (κ3) is 4.53. The van der Waals surface area contributed by atoms with E-state index in [0.29, 0.717) is 34.6 Å². The van der Waals surface area contributed by atoms with Crippen molar-refractivity contribution < 1.29 is 24.2 Å². The van der Waals surface area contributed by atoms with Crippen molar-refractivity contribution in [1.82, 2.24) is 19.6 Å². The van der Waals surface area contributed by atoms with Crippen molar-refractivity contribution in [3.05, 3.63) is 101 Å². The van der Waals surface area contributed by atoms with Crippen LogP contribution in [0.25, 0.3) is 5.65 Å². The average Bonchev–Trinajstić information content (AvgIpc) is 3.39. The molecular weight excluding hydrogens is 510 g/mol. The number of benzene rings is 3. The highest BCUT2D eigenvalue weighted by atomic mass is 16.6. The largest absolute Gasteiger partial charge is 0.508 e. The maximum Gasteiger partial charge on any atom is 0.228 e. The third-order valence-corrected chi connectivity index (χ3v) is 6.84. The van der Waals surface area contributed by atoms with Crippen LogP contribution in [0.5, 0.6) is 28.9 Å². The minimum atomic E-state index is -0.338. The summed E-state index contributed by atoms with van der Waals surface area (Å²) in [5.74, 6) is 2.28. The van der Waals surface area contributed by atoms with E-state index in [0.717, 1.165) is 28.0 Å². The number of ether oxygens (including phenoxy) is 3. The molecule has 10 heteroatoms. The Morgan fingerprint density at radius 1 is 1.02 bits per heavy atom. The van der Waals surface area contributed by atoms with Crippen LogP contribution >= 0.6 is 0 Å². The van der Waals surface area contributed by atoms with Crippen molar-refractivity contribution >= 4 is 11.4 Å². The van der Waals surface area contributed by atoms with Crippen LogP contribution in [0.2, 0.25) is 0 Å². The number of nitrogens with zero attached hydrogens (tertiary/aromatic N) is 5. The summed E-state index contributed by atoms with van der Waals surface area (Å²) >= 11 is 0. The molecule has 0 radical (unpaired) electrons. The van der Waals surface area contributed by atoms with Crippen molar-refractivity contribution in [3.8, 4) is 28.9 Å². The maximum absolute atomic E-state index is 10.1. The lowest BCUT2D eigenvalue weighted by Gasteiger charge is -2.28. The fraction of sp³-hybridized carbons (Fsp3) is 0.200. The second kappa shape index (κ2) is 10.2. The minimum Gasteiger partial charge on any atom is -0.508 e. The molecule has 1 atom stereocenters. The first kappa shape index (κ1) is 25.2. The number of aromatic hydroxyl groups is 1. The fourth-order valence-corrected chi connectivity index (χ4v) is 4.82. The SMILES string of the molecule is COc1ccc(C2c3ccc(O)cc3Oc3ncn4nc(CON=C(C)c5ccc(C)cc5)nc4c32)cc1OC. The van der Waals surface area contributed by atoms with Gasteiger partial charge in [-0.2, -0.15) is 0 Å². The monoisotopic (exact) mass is 537 g/mol. The zero-order valence-corrected chi connectivity index (χ0v) is 22.5. The van der Waals surface area contributed by atoms with E-state index in [4.69, 9.17) is 24.0 Å². The molecule has 3 heterocycles. The van der Waals surface area contributed by atoms with E-state index in [2.05, 4.69) is 15.2 Å². The average molecular weight is 538 g/mol. The summed E-state index contributed by atoms with van der Waals surface area (Å²) in [5, 5.41) is 19.0. The Hall–Kier alpha value is -5.12. The van der Waals surface area contributed by atoms with Gasteiger partial charge >= 0.3 is 0 Å². The van der Waals surface area contributed by atoms with Gasteiger partial charge < -0.3 is 24.2 Å². The quantitative estimate of drug-likeness (QED) is 0.213. The molecule has 0 aliphatic carbocycles. The second-order valence-corrected chi connectivity index (χ2v) is 9.45. The Morgan fingerprint density at radius 3 is 2.60 bits per heavy atom. The van der Waals surface area contributed by atoms with Crippen molar-refractivity contribution in [1.29, 1.82) is 0 Å². The van der Waals surface area contributed by atoms with Crippen molar-refractivity contribution in [2.75, 3.05) is 14.2 Å². The second-order valence-electron chi connectivity index (χ2n) is 9.45. The number of methoxy groups -OCH3 is 2. The third-order valence-electron chi connectivity index (χ3n) is 6.84. The number of hydrogen-bond acceptors (Lipinski definition) is 9. The molecule has 3 aromatic carbocycles. The number of phenolic OH excluding ortho intramolecular Hbond substituents is 1. The van der Waals surface area contributed by atoms with Gasteiger partial charge in [-0.3, -0.25) is 0 Å². The zero-order chi connectivity index (χ0) is 27.8. The van der Waals surface area contributed by atoms with E-state index in [1.165, 1.54) is 5.56 Å². The Balaban J connectivity index is 1.39. The van der Waals surface area contributed by atoms with Crippen LogP contribution in [-0.4, -0.2) is 44.6 Å². The lowest BCUT2D eigenvalue weighted by molar-refractivity contribution is 0.125. The first-order chi connectivity index (χ1) is 19.4. The van der Waals surface area contributed by atoms with Crippen LogP contribution in [-0.2, 0) is 11.4 Å². The van der Waals surface area contributed by atoms with Crippen LogP contribution < -0.4 is 14.2 Å². The van der Waals surface area contributed by atoms with Gasteiger partial charge in [-0.1, -0.05) is 47.1 Å². The Bertz CT molecular complexity index is 1750. The topological polar surface area (TPSA) is 113 Å². The molecule has 0 saturated carbocycles. The Kier molecular flexibility index (Phi) is 6.43. The van der Waals surface area contributed by atoms with E-state index in [1.54, 1.807) is 37.2 Å². The summed E-state index contributed by atoms with van der Waals surface area (Å²) in [6.45, 7) is 4.01. The van der Waals surface area contributed by atoms with Gasteiger partial charge in [0.1, 0.15) is 17.8 Å². The van der Waals surface area contributed by atoms with E-state index in [1.807, 2.05) is 62.4 Å². The van der Waals surface area contributed by atoms with Crippen LogP contribution in [0.3, 0.4) is 0 Å². The standard InChI is InChI=1S/C30H27N5O5/c1-17-5-7-19(8-6-17)18(2)34-39-15-26-32-29-28-27(20-9-12-23(37-3)25(13-20)38-4)22-11-10-21(36)14-24(22)40-30(28)31-16-35(29)33-26/h5-14,16,27,36H,15H2,1-4H3. The van der Waals surface area contributed by atoms with Crippen LogP contribution in [0, 0.1) is 6.92 Å².